The summed E-state index contributed by atoms with van der Waals surface area (Å²) in [6, 6.07) is 0. The molecule has 0 spiro atoms. The molecule has 1 heterocycles. The van der Waals surface area contributed by atoms with Gasteiger partial charge in [0.2, 0.25) is 0 Å². The van der Waals surface area contributed by atoms with Crippen LogP contribution in [0.4, 0.5) is 4.79 Å². The van der Waals surface area contributed by atoms with Crippen molar-refractivity contribution < 1.29 is 14.3 Å². The molecule has 1 fully saturated rings. The third kappa shape index (κ3) is 1.59. The van der Waals surface area contributed by atoms with Gasteiger partial charge < -0.3 is 9.47 Å². The maximum absolute atomic E-state index is 10.3. The van der Waals surface area contributed by atoms with E-state index in [0.29, 0.717) is 6.61 Å². The van der Waals surface area contributed by atoms with E-state index in [9.17, 15) is 4.79 Å². The van der Waals surface area contributed by atoms with Gasteiger partial charge in [0.1, 0.15) is 12.7 Å². The molecular formula is C6H9O3. The highest BCUT2D eigenvalue weighted by molar-refractivity contribution is 5.61. The average molecular weight is 129 g/mol. The number of rotatable bonds is 2. The van der Waals surface area contributed by atoms with E-state index >= 15 is 0 Å². The summed E-state index contributed by atoms with van der Waals surface area (Å²) in [5, 5.41) is 0. The minimum atomic E-state index is -0.548. The molecule has 51 valence electrons. The van der Waals surface area contributed by atoms with Gasteiger partial charge >= 0.3 is 6.16 Å². The molecule has 9 heavy (non-hydrogen) atoms. The zero-order valence-electron chi connectivity index (χ0n) is 5.13. The minimum absolute atomic E-state index is 0.0463. The Bertz CT molecular complexity index is 111. The first-order valence-electron chi connectivity index (χ1n) is 2.95. The van der Waals surface area contributed by atoms with E-state index in [1.165, 1.54) is 0 Å². The van der Waals surface area contributed by atoms with Crippen LogP contribution in [-0.2, 0) is 9.47 Å². The molecule has 0 aromatic heterocycles. The summed E-state index contributed by atoms with van der Waals surface area (Å²) in [4.78, 5) is 10.3. The quantitative estimate of drug-likeness (QED) is 0.524. The topological polar surface area (TPSA) is 35.5 Å². The predicted octanol–water partition coefficient (Wildman–Crippen LogP) is 1.14. The first-order valence-corrected chi connectivity index (χ1v) is 2.95. The standard InChI is InChI=1S/C6H9O3/c1-2-3-5-4-8-6(7)9-5/h5H,1-4H2. The van der Waals surface area contributed by atoms with Crippen LogP contribution in [0.15, 0.2) is 0 Å². The molecule has 1 saturated heterocycles. The Kier molecular flexibility index (Phi) is 1.92. The Hall–Kier alpha value is -0.730. The molecule has 3 nitrogen and oxygen atoms in total. The first kappa shape index (κ1) is 6.39. The second kappa shape index (κ2) is 2.71. The molecule has 0 aromatic rings. The van der Waals surface area contributed by atoms with Gasteiger partial charge in [-0.1, -0.05) is 6.92 Å². The monoisotopic (exact) mass is 129 g/mol. The lowest BCUT2D eigenvalue weighted by molar-refractivity contribution is 0.116. The summed E-state index contributed by atoms with van der Waals surface area (Å²) < 4.78 is 9.23. The molecule has 0 saturated carbocycles. The highest BCUT2D eigenvalue weighted by Gasteiger charge is 2.23. The van der Waals surface area contributed by atoms with Crippen LogP contribution in [0.5, 0.6) is 0 Å². The van der Waals surface area contributed by atoms with Crippen LogP contribution in [0.1, 0.15) is 12.8 Å². The maximum Gasteiger partial charge on any atom is 0.508 e. The Morgan fingerprint density at radius 2 is 2.56 bits per heavy atom. The fourth-order valence-corrected chi connectivity index (χ4v) is 0.735. The fourth-order valence-electron chi connectivity index (χ4n) is 0.735. The molecule has 1 aliphatic heterocycles. The van der Waals surface area contributed by atoms with E-state index in [0.717, 1.165) is 12.8 Å². The third-order valence-corrected chi connectivity index (χ3v) is 1.18. The molecule has 1 aliphatic rings. The van der Waals surface area contributed by atoms with Gasteiger partial charge in [-0.3, -0.25) is 0 Å². The number of carbonyl (C=O) groups is 1. The van der Waals surface area contributed by atoms with Crippen molar-refractivity contribution in [1.29, 1.82) is 0 Å². The van der Waals surface area contributed by atoms with Crippen molar-refractivity contribution in [3.63, 3.8) is 0 Å². The molecule has 0 aromatic carbocycles. The van der Waals surface area contributed by atoms with Crippen LogP contribution < -0.4 is 0 Å². The largest absolute Gasteiger partial charge is 0.508 e. The van der Waals surface area contributed by atoms with Crippen LogP contribution in [0.25, 0.3) is 0 Å². The lowest BCUT2D eigenvalue weighted by atomic mass is 10.2. The minimum Gasteiger partial charge on any atom is -0.430 e. The van der Waals surface area contributed by atoms with Crippen LogP contribution in [0.3, 0.4) is 0 Å². The van der Waals surface area contributed by atoms with E-state index < -0.39 is 6.16 Å². The van der Waals surface area contributed by atoms with Gasteiger partial charge in [0, 0.05) is 0 Å². The second-order valence-corrected chi connectivity index (χ2v) is 1.94. The van der Waals surface area contributed by atoms with Crippen LogP contribution in [-0.4, -0.2) is 18.9 Å². The van der Waals surface area contributed by atoms with Crippen molar-refractivity contribution in [3.05, 3.63) is 6.92 Å². The molecule has 1 unspecified atom stereocenters. The Morgan fingerprint density at radius 1 is 1.78 bits per heavy atom. The summed E-state index contributed by atoms with van der Waals surface area (Å²) in [5.41, 5.74) is 0. The number of cyclic esters (lactones) is 2. The summed E-state index contributed by atoms with van der Waals surface area (Å²) in [6.45, 7) is 4.02. The van der Waals surface area contributed by atoms with Gasteiger partial charge in [0.05, 0.1) is 0 Å². The predicted molar refractivity (Wildman–Crippen MR) is 30.8 cm³/mol. The number of carbonyl (C=O) groups excluding carboxylic acids is 1. The molecule has 3 heteroatoms. The first-order chi connectivity index (χ1) is 4.33. The van der Waals surface area contributed by atoms with Gasteiger partial charge in [0.25, 0.3) is 0 Å². The molecule has 1 rings (SSSR count). The highest BCUT2D eigenvalue weighted by Crippen LogP contribution is 2.10. The molecule has 0 bridgehead atoms. The van der Waals surface area contributed by atoms with Crippen molar-refractivity contribution in [2.24, 2.45) is 0 Å². The molecule has 1 atom stereocenters. The zero-order chi connectivity index (χ0) is 6.69. The number of hydrogen-bond acceptors (Lipinski definition) is 3. The lowest BCUT2D eigenvalue weighted by Crippen LogP contribution is -2.08. The Morgan fingerprint density at radius 3 is 3.00 bits per heavy atom. The van der Waals surface area contributed by atoms with Crippen molar-refractivity contribution in [2.45, 2.75) is 18.9 Å². The molecule has 0 N–H and O–H groups in total. The van der Waals surface area contributed by atoms with Crippen molar-refractivity contribution in [3.8, 4) is 0 Å². The van der Waals surface area contributed by atoms with Crippen molar-refractivity contribution >= 4 is 6.16 Å². The smallest absolute Gasteiger partial charge is 0.430 e. The number of hydrogen-bond donors (Lipinski definition) is 0. The van der Waals surface area contributed by atoms with Crippen molar-refractivity contribution in [2.75, 3.05) is 6.61 Å². The van der Waals surface area contributed by atoms with E-state index in [-0.39, 0.29) is 6.10 Å². The zero-order valence-corrected chi connectivity index (χ0v) is 5.13. The van der Waals surface area contributed by atoms with E-state index in [2.05, 4.69) is 11.7 Å². The molecular weight excluding hydrogens is 120 g/mol. The highest BCUT2D eigenvalue weighted by atomic mass is 16.8. The molecule has 0 amide bonds. The van der Waals surface area contributed by atoms with Gasteiger partial charge in [-0.15, -0.1) is 0 Å². The Balaban J connectivity index is 2.22. The van der Waals surface area contributed by atoms with Crippen LogP contribution in [0.2, 0.25) is 0 Å². The lowest BCUT2D eigenvalue weighted by Gasteiger charge is -2.00. The van der Waals surface area contributed by atoms with Gasteiger partial charge in [-0.25, -0.2) is 4.79 Å². The van der Waals surface area contributed by atoms with Crippen molar-refractivity contribution in [1.82, 2.24) is 0 Å². The molecule has 1 radical (unpaired) electrons. The number of ether oxygens (including phenoxy) is 2. The summed E-state index contributed by atoms with van der Waals surface area (Å²) in [6.07, 6.45) is 0.982. The van der Waals surface area contributed by atoms with Gasteiger partial charge in [-0.2, -0.15) is 0 Å². The second-order valence-electron chi connectivity index (χ2n) is 1.94. The van der Waals surface area contributed by atoms with Crippen LogP contribution in [0, 0.1) is 6.92 Å². The molecule has 0 aliphatic carbocycles. The van der Waals surface area contributed by atoms with E-state index in [1.807, 2.05) is 0 Å². The summed E-state index contributed by atoms with van der Waals surface area (Å²) >= 11 is 0. The van der Waals surface area contributed by atoms with Gasteiger partial charge in [0.15, 0.2) is 0 Å². The normalized spacial score (nSPS) is 25.4. The summed E-state index contributed by atoms with van der Waals surface area (Å²) in [7, 11) is 0. The van der Waals surface area contributed by atoms with E-state index in [1.54, 1.807) is 0 Å². The van der Waals surface area contributed by atoms with E-state index in [4.69, 9.17) is 4.74 Å². The Labute approximate surface area is 53.9 Å². The SMILES string of the molecule is [CH2]CCC1COC(=O)O1. The fraction of sp³-hybridized carbons (Fsp3) is 0.667. The third-order valence-electron chi connectivity index (χ3n) is 1.18. The summed E-state index contributed by atoms with van der Waals surface area (Å²) in [5.74, 6) is 0. The van der Waals surface area contributed by atoms with Gasteiger partial charge in [-0.05, 0) is 12.8 Å². The average Bonchev–Trinajstić information content (AvgIpc) is 2.17. The van der Waals surface area contributed by atoms with Crippen LogP contribution >= 0.6 is 0 Å². The maximum atomic E-state index is 10.3.